The molecule has 0 aliphatic carbocycles. The van der Waals surface area contributed by atoms with Crippen LogP contribution in [0.4, 0.5) is 0 Å². The first-order chi connectivity index (χ1) is 7.96. The van der Waals surface area contributed by atoms with Gasteiger partial charge in [-0.2, -0.15) is 10.5 Å². The smallest absolute Gasteiger partial charge is 0.241 e. The maximum Gasteiger partial charge on any atom is 0.241 e. The summed E-state index contributed by atoms with van der Waals surface area (Å²) >= 11 is 0. The number of imidazole rings is 1. The molecule has 0 atom stereocenters. The van der Waals surface area contributed by atoms with Crippen molar-refractivity contribution >= 4 is 5.91 Å². The van der Waals surface area contributed by atoms with E-state index in [0.29, 0.717) is 0 Å². The second kappa shape index (κ2) is 4.64. The summed E-state index contributed by atoms with van der Waals surface area (Å²) in [4.78, 5) is 15.3. The second-order valence-corrected chi connectivity index (χ2v) is 4.15. The number of nitriles is 2. The molecule has 0 unspecified atom stereocenters. The highest BCUT2D eigenvalue weighted by molar-refractivity contribution is 5.81. The lowest BCUT2D eigenvalue weighted by Crippen LogP contribution is -2.43. The van der Waals surface area contributed by atoms with Crippen LogP contribution in [0.5, 0.6) is 0 Å². The molecule has 0 aromatic carbocycles. The fraction of sp³-hybridized carbons (Fsp3) is 0.400. The van der Waals surface area contributed by atoms with Crippen molar-refractivity contribution in [1.29, 1.82) is 10.5 Å². The third-order valence-corrected chi connectivity index (χ3v) is 2.36. The highest BCUT2D eigenvalue weighted by atomic mass is 16.2. The Bertz CT molecular complexity index is 516. The molecule has 1 aromatic heterocycles. The predicted molar refractivity (Wildman–Crippen MR) is 57.8 cm³/mol. The Morgan fingerprint density at radius 3 is 2.71 bits per heavy atom. The van der Waals surface area contributed by atoms with Crippen molar-refractivity contribution < 1.29 is 4.79 Å². The highest BCUT2D eigenvalue weighted by Crippen LogP contribution is 2.19. The number of hydrogen-bond acceptors (Lipinski definition) is 5. The van der Waals surface area contributed by atoms with Crippen molar-refractivity contribution in [3.05, 3.63) is 17.7 Å². The van der Waals surface area contributed by atoms with E-state index in [4.69, 9.17) is 16.4 Å². The van der Waals surface area contributed by atoms with Crippen LogP contribution in [0.25, 0.3) is 0 Å². The van der Waals surface area contributed by atoms with Crippen LogP contribution in [0, 0.1) is 28.1 Å². The number of hydrogen-bond donors (Lipinski definition) is 2. The number of carbonyl (C=O) groups excluding carboxylic acids is 1. The molecule has 0 radical (unpaired) electrons. The molecule has 1 rings (SSSR count). The van der Waals surface area contributed by atoms with Gasteiger partial charge in [-0.25, -0.2) is 10.8 Å². The van der Waals surface area contributed by atoms with Crippen LogP contribution in [-0.4, -0.2) is 15.5 Å². The lowest BCUT2D eigenvalue weighted by atomic mass is 9.92. The van der Waals surface area contributed by atoms with Crippen LogP contribution >= 0.6 is 0 Å². The predicted octanol–water partition coefficient (Wildman–Crippen LogP) is -0.357. The first-order valence-electron chi connectivity index (χ1n) is 4.82. The summed E-state index contributed by atoms with van der Waals surface area (Å²) in [5, 5.41) is 17.7. The third kappa shape index (κ3) is 2.41. The van der Waals surface area contributed by atoms with Crippen LogP contribution in [-0.2, 0) is 11.3 Å². The molecule has 0 bridgehead atoms. The van der Waals surface area contributed by atoms with E-state index in [0.717, 1.165) is 0 Å². The van der Waals surface area contributed by atoms with Crippen LogP contribution in [0.1, 0.15) is 25.2 Å². The van der Waals surface area contributed by atoms with Gasteiger partial charge in [-0.05, 0) is 13.8 Å². The van der Waals surface area contributed by atoms with E-state index >= 15 is 0 Å². The quantitative estimate of drug-likeness (QED) is 0.419. The molecule has 0 fully saturated rings. The first-order valence-corrected chi connectivity index (χ1v) is 4.82. The third-order valence-electron chi connectivity index (χ3n) is 2.36. The monoisotopic (exact) mass is 232 g/mol. The van der Waals surface area contributed by atoms with Crippen molar-refractivity contribution in [1.82, 2.24) is 15.0 Å². The minimum absolute atomic E-state index is 0.0523. The Hall–Kier alpha value is -2.38. The Morgan fingerprint density at radius 2 is 2.24 bits per heavy atom. The molecule has 0 aliphatic rings. The topological polar surface area (TPSA) is 121 Å². The molecule has 0 spiro atoms. The van der Waals surface area contributed by atoms with Crippen molar-refractivity contribution in [2.24, 2.45) is 11.3 Å². The van der Waals surface area contributed by atoms with E-state index in [-0.39, 0.29) is 23.8 Å². The van der Waals surface area contributed by atoms with Gasteiger partial charge in [-0.3, -0.25) is 10.2 Å². The Kier molecular flexibility index (Phi) is 3.46. The molecule has 1 aromatic rings. The molecule has 0 saturated carbocycles. The molecule has 0 aliphatic heterocycles. The van der Waals surface area contributed by atoms with E-state index in [1.165, 1.54) is 10.9 Å². The van der Waals surface area contributed by atoms with Gasteiger partial charge in [-0.15, -0.1) is 0 Å². The zero-order valence-electron chi connectivity index (χ0n) is 9.56. The van der Waals surface area contributed by atoms with Gasteiger partial charge in [0.15, 0.2) is 11.4 Å². The van der Waals surface area contributed by atoms with Crippen LogP contribution in [0.3, 0.4) is 0 Å². The fourth-order valence-corrected chi connectivity index (χ4v) is 1.39. The normalized spacial score (nSPS) is 10.4. The van der Waals surface area contributed by atoms with Gasteiger partial charge in [-0.1, -0.05) is 0 Å². The molecule has 1 heterocycles. The van der Waals surface area contributed by atoms with Gasteiger partial charge in [0, 0.05) is 6.54 Å². The standard InChI is InChI=1S/C10H12N6O/c1-10(2,9(17)15-13)5-16-6-14-7(3-11)8(16)4-12/h6H,5,13H2,1-2H3,(H,15,17). The fourth-order valence-electron chi connectivity index (χ4n) is 1.39. The molecule has 17 heavy (non-hydrogen) atoms. The summed E-state index contributed by atoms with van der Waals surface area (Å²) in [6.45, 7) is 3.58. The second-order valence-electron chi connectivity index (χ2n) is 4.15. The largest absolute Gasteiger partial charge is 0.320 e. The number of nitrogens with two attached hydrogens (primary N) is 1. The number of hydrazine groups is 1. The minimum atomic E-state index is -0.798. The Morgan fingerprint density at radius 1 is 1.59 bits per heavy atom. The highest BCUT2D eigenvalue weighted by Gasteiger charge is 2.28. The van der Waals surface area contributed by atoms with Crippen molar-refractivity contribution in [2.45, 2.75) is 20.4 Å². The van der Waals surface area contributed by atoms with Gasteiger partial charge < -0.3 is 4.57 Å². The van der Waals surface area contributed by atoms with E-state index in [2.05, 4.69) is 10.4 Å². The average Bonchev–Trinajstić information content (AvgIpc) is 2.68. The lowest BCUT2D eigenvalue weighted by molar-refractivity contribution is -0.130. The van der Waals surface area contributed by atoms with Crippen molar-refractivity contribution in [3.8, 4) is 12.1 Å². The van der Waals surface area contributed by atoms with Gasteiger partial charge >= 0.3 is 0 Å². The maximum absolute atomic E-state index is 11.5. The Balaban J connectivity index is 3.06. The zero-order chi connectivity index (χ0) is 13.1. The van der Waals surface area contributed by atoms with Gasteiger partial charge in [0.1, 0.15) is 12.1 Å². The van der Waals surface area contributed by atoms with Gasteiger partial charge in [0.2, 0.25) is 5.91 Å². The van der Waals surface area contributed by atoms with Gasteiger partial charge in [0.05, 0.1) is 11.7 Å². The number of amides is 1. The number of nitrogens with zero attached hydrogens (tertiary/aromatic N) is 4. The SMILES string of the molecule is CC(C)(Cn1cnc(C#N)c1C#N)C(=O)NN. The van der Waals surface area contributed by atoms with Crippen molar-refractivity contribution in [2.75, 3.05) is 0 Å². The van der Waals surface area contributed by atoms with E-state index in [1.54, 1.807) is 13.8 Å². The first kappa shape index (κ1) is 12.7. The van der Waals surface area contributed by atoms with Crippen LogP contribution < -0.4 is 11.3 Å². The molecule has 0 saturated heterocycles. The summed E-state index contributed by atoms with van der Waals surface area (Å²) in [6.07, 6.45) is 1.36. The molecule has 88 valence electrons. The molecule has 7 heteroatoms. The van der Waals surface area contributed by atoms with Crippen molar-refractivity contribution in [3.63, 3.8) is 0 Å². The van der Waals surface area contributed by atoms with E-state index in [1.807, 2.05) is 12.1 Å². The summed E-state index contributed by atoms with van der Waals surface area (Å²) in [5.74, 6) is 4.72. The van der Waals surface area contributed by atoms with E-state index < -0.39 is 5.41 Å². The lowest BCUT2D eigenvalue weighted by Gasteiger charge is -2.22. The van der Waals surface area contributed by atoms with E-state index in [9.17, 15) is 4.79 Å². The Labute approximate surface area is 98.4 Å². The molecular weight excluding hydrogens is 220 g/mol. The zero-order valence-corrected chi connectivity index (χ0v) is 9.56. The maximum atomic E-state index is 11.5. The number of aromatic nitrogens is 2. The minimum Gasteiger partial charge on any atom is -0.320 e. The van der Waals surface area contributed by atoms with Gasteiger partial charge in [0.25, 0.3) is 0 Å². The average molecular weight is 232 g/mol. The summed E-state index contributed by atoms with van der Waals surface area (Å²) in [6, 6.07) is 3.71. The number of nitrogens with one attached hydrogen (secondary N) is 1. The number of rotatable bonds is 3. The van der Waals surface area contributed by atoms with Crippen LogP contribution in [0.2, 0.25) is 0 Å². The molecule has 7 nitrogen and oxygen atoms in total. The molecule has 1 amide bonds. The molecular formula is C10H12N6O. The molecule has 3 N–H and O–H groups in total. The number of carbonyl (C=O) groups is 1. The summed E-state index contributed by atoms with van der Waals surface area (Å²) in [7, 11) is 0. The summed E-state index contributed by atoms with van der Waals surface area (Å²) in [5.41, 5.74) is 1.46. The summed E-state index contributed by atoms with van der Waals surface area (Å²) < 4.78 is 1.47. The van der Waals surface area contributed by atoms with Crippen LogP contribution in [0.15, 0.2) is 6.33 Å².